The van der Waals surface area contributed by atoms with Crippen molar-refractivity contribution in [1.82, 2.24) is 10.6 Å². The first kappa shape index (κ1) is 19.6. The number of carbonyl (C=O) groups is 3. The topological polar surface area (TPSA) is 84.5 Å². The highest BCUT2D eigenvalue weighted by Gasteiger charge is 2.53. The zero-order valence-electron chi connectivity index (χ0n) is 15.8. The molecule has 146 valence electrons. The van der Waals surface area contributed by atoms with Crippen molar-refractivity contribution in [3.63, 3.8) is 0 Å². The van der Waals surface area contributed by atoms with Crippen LogP contribution in [-0.4, -0.2) is 36.0 Å². The summed E-state index contributed by atoms with van der Waals surface area (Å²) < 4.78 is 5.08. The maximum absolute atomic E-state index is 12.9. The number of ether oxygens (including phenoxy) is 1. The van der Waals surface area contributed by atoms with E-state index in [1.165, 1.54) is 0 Å². The second-order valence-corrected chi connectivity index (χ2v) is 6.87. The van der Waals surface area contributed by atoms with E-state index in [9.17, 15) is 14.4 Å². The van der Waals surface area contributed by atoms with E-state index in [0.29, 0.717) is 24.8 Å². The van der Waals surface area contributed by atoms with Crippen LogP contribution in [0.3, 0.4) is 0 Å². The highest BCUT2D eigenvalue weighted by atomic mass is 16.5. The first-order chi connectivity index (χ1) is 13.5. The molecule has 1 aliphatic carbocycles. The van der Waals surface area contributed by atoms with Gasteiger partial charge in [0.2, 0.25) is 5.91 Å². The third kappa shape index (κ3) is 4.76. The maximum atomic E-state index is 12.9. The fraction of sp³-hybridized carbons (Fsp3) is 0.318. The second-order valence-electron chi connectivity index (χ2n) is 6.87. The molecule has 1 saturated carbocycles. The highest BCUT2D eigenvalue weighted by molar-refractivity contribution is 5.99. The van der Waals surface area contributed by atoms with E-state index in [1.807, 2.05) is 36.4 Å². The monoisotopic (exact) mass is 380 g/mol. The number of carbonyl (C=O) groups excluding carboxylic acids is 3. The SMILES string of the molecule is CCOC(=O)C1(NC(=O)[C@H](Cc2ccccc2)NC(=O)c2ccccc2)CC1. The summed E-state index contributed by atoms with van der Waals surface area (Å²) in [6.45, 7) is 1.99. The Kier molecular flexibility index (Phi) is 6.09. The van der Waals surface area contributed by atoms with Crippen LogP contribution in [0.15, 0.2) is 60.7 Å². The van der Waals surface area contributed by atoms with E-state index in [1.54, 1.807) is 31.2 Å². The molecule has 0 radical (unpaired) electrons. The molecule has 3 rings (SSSR count). The van der Waals surface area contributed by atoms with E-state index in [0.717, 1.165) is 5.56 Å². The molecule has 0 heterocycles. The van der Waals surface area contributed by atoms with E-state index >= 15 is 0 Å². The molecule has 1 aliphatic rings. The Balaban J connectivity index is 1.74. The van der Waals surface area contributed by atoms with Gasteiger partial charge in [0.25, 0.3) is 5.91 Å². The van der Waals surface area contributed by atoms with Gasteiger partial charge in [-0.25, -0.2) is 4.79 Å². The number of hydrogen-bond donors (Lipinski definition) is 2. The minimum atomic E-state index is -0.959. The number of rotatable bonds is 8. The van der Waals surface area contributed by atoms with Gasteiger partial charge in [-0.05, 0) is 37.5 Å². The van der Waals surface area contributed by atoms with Crippen molar-refractivity contribution in [3.8, 4) is 0 Å². The summed E-state index contributed by atoms with van der Waals surface area (Å²) in [5.74, 6) is -1.15. The number of benzene rings is 2. The van der Waals surface area contributed by atoms with Gasteiger partial charge in [0, 0.05) is 12.0 Å². The highest BCUT2D eigenvalue weighted by Crippen LogP contribution is 2.36. The molecular weight excluding hydrogens is 356 g/mol. The number of hydrogen-bond acceptors (Lipinski definition) is 4. The lowest BCUT2D eigenvalue weighted by molar-refractivity contribution is -0.149. The zero-order valence-corrected chi connectivity index (χ0v) is 15.8. The van der Waals surface area contributed by atoms with Crippen LogP contribution in [0.25, 0.3) is 0 Å². The normalized spacial score (nSPS) is 15.2. The van der Waals surface area contributed by atoms with Gasteiger partial charge in [-0.1, -0.05) is 48.5 Å². The van der Waals surface area contributed by atoms with Gasteiger partial charge in [-0.3, -0.25) is 9.59 Å². The van der Waals surface area contributed by atoms with Gasteiger partial charge in [-0.2, -0.15) is 0 Å². The molecule has 0 saturated heterocycles. The number of esters is 1. The molecule has 1 atom stereocenters. The smallest absolute Gasteiger partial charge is 0.331 e. The lowest BCUT2D eigenvalue weighted by atomic mass is 10.0. The van der Waals surface area contributed by atoms with Crippen LogP contribution >= 0.6 is 0 Å². The quantitative estimate of drug-likeness (QED) is 0.688. The Morgan fingerprint density at radius 2 is 1.61 bits per heavy atom. The summed E-state index contributed by atoms with van der Waals surface area (Å²) in [5.41, 5.74) is 0.427. The molecule has 0 spiro atoms. The Morgan fingerprint density at radius 3 is 2.18 bits per heavy atom. The van der Waals surface area contributed by atoms with Crippen molar-refractivity contribution in [2.24, 2.45) is 0 Å². The molecule has 2 aromatic carbocycles. The largest absolute Gasteiger partial charge is 0.464 e. The van der Waals surface area contributed by atoms with E-state index in [-0.39, 0.29) is 12.5 Å². The maximum Gasteiger partial charge on any atom is 0.331 e. The van der Waals surface area contributed by atoms with Crippen molar-refractivity contribution in [2.45, 2.75) is 37.8 Å². The molecule has 0 bridgehead atoms. The predicted molar refractivity (Wildman–Crippen MR) is 105 cm³/mol. The molecule has 2 N–H and O–H groups in total. The molecular formula is C22H24N2O4. The van der Waals surface area contributed by atoms with Crippen LogP contribution in [0.5, 0.6) is 0 Å². The van der Waals surface area contributed by atoms with Crippen LogP contribution < -0.4 is 10.6 Å². The summed E-state index contributed by atoms with van der Waals surface area (Å²) in [6.07, 6.45) is 1.41. The van der Waals surface area contributed by atoms with Crippen LogP contribution in [0, 0.1) is 0 Å². The predicted octanol–water partition coefficient (Wildman–Crippen LogP) is 2.24. The molecule has 1 fully saturated rings. The first-order valence-electron chi connectivity index (χ1n) is 9.43. The first-order valence-corrected chi connectivity index (χ1v) is 9.43. The van der Waals surface area contributed by atoms with Crippen LogP contribution in [0.1, 0.15) is 35.7 Å². The fourth-order valence-electron chi connectivity index (χ4n) is 2.99. The molecule has 28 heavy (non-hydrogen) atoms. The summed E-state index contributed by atoms with van der Waals surface area (Å²) in [5, 5.41) is 5.60. The summed E-state index contributed by atoms with van der Waals surface area (Å²) in [7, 11) is 0. The van der Waals surface area contributed by atoms with Gasteiger partial charge in [0.1, 0.15) is 11.6 Å². The molecule has 6 heteroatoms. The van der Waals surface area contributed by atoms with Gasteiger partial charge in [-0.15, -0.1) is 0 Å². The zero-order chi connectivity index (χ0) is 20.0. The average Bonchev–Trinajstić information content (AvgIpc) is 3.50. The van der Waals surface area contributed by atoms with Crippen molar-refractivity contribution in [3.05, 3.63) is 71.8 Å². The molecule has 6 nitrogen and oxygen atoms in total. The van der Waals surface area contributed by atoms with Crippen molar-refractivity contribution in [2.75, 3.05) is 6.61 Å². The van der Waals surface area contributed by atoms with Gasteiger partial charge >= 0.3 is 5.97 Å². The van der Waals surface area contributed by atoms with Crippen LogP contribution in [-0.2, 0) is 20.7 Å². The van der Waals surface area contributed by atoms with Gasteiger partial charge in [0.05, 0.1) is 6.61 Å². The molecule has 0 aromatic heterocycles. The van der Waals surface area contributed by atoms with Crippen LogP contribution in [0.4, 0.5) is 0 Å². The van der Waals surface area contributed by atoms with Crippen molar-refractivity contribution < 1.29 is 19.1 Å². The van der Waals surface area contributed by atoms with E-state index < -0.39 is 23.5 Å². The second kappa shape index (κ2) is 8.69. The Morgan fingerprint density at radius 1 is 1.00 bits per heavy atom. The standard InChI is InChI=1S/C22H24N2O4/c1-2-28-21(27)22(13-14-22)24-20(26)18(15-16-9-5-3-6-10-16)23-19(25)17-11-7-4-8-12-17/h3-12,18H,2,13-15H2,1H3,(H,23,25)(H,24,26)/t18-/m0/s1. The van der Waals surface area contributed by atoms with E-state index in [2.05, 4.69) is 10.6 Å². The third-order valence-electron chi connectivity index (χ3n) is 4.72. The average molecular weight is 380 g/mol. The van der Waals surface area contributed by atoms with Gasteiger partial charge in [0.15, 0.2) is 0 Å². The Hall–Kier alpha value is -3.15. The summed E-state index contributed by atoms with van der Waals surface area (Å²) in [6, 6.07) is 17.4. The fourth-order valence-corrected chi connectivity index (χ4v) is 2.99. The lowest BCUT2D eigenvalue weighted by Crippen LogP contribution is -2.54. The summed E-state index contributed by atoms with van der Waals surface area (Å²) in [4.78, 5) is 37.7. The third-order valence-corrected chi connectivity index (χ3v) is 4.72. The van der Waals surface area contributed by atoms with Crippen molar-refractivity contribution in [1.29, 1.82) is 0 Å². The minimum absolute atomic E-state index is 0.259. The van der Waals surface area contributed by atoms with E-state index in [4.69, 9.17) is 4.74 Å². The number of nitrogens with one attached hydrogen (secondary N) is 2. The minimum Gasteiger partial charge on any atom is -0.464 e. The molecule has 2 amide bonds. The molecule has 2 aromatic rings. The summed E-state index contributed by atoms with van der Waals surface area (Å²) >= 11 is 0. The number of amides is 2. The Bertz CT molecular complexity index is 832. The molecule has 0 aliphatic heterocycles. The lowest BCUT2D eigenvalue weighted by Gasteiger charge is -2.22. The van der Waals surface area contributed by atoms with Crippen LogP contribution in [0.2, 0.25) is 0 Å². The Labute approximate surface area is 164 Å². The molecule has 0 unspecified atom stereocenters. The van der Waals surface area contributed by atoms with Gasteiger partial charge < -0.3 is 15.4 Å². The van der Waals surface area contributed by atoms with Crippen molar-refractivity contribution >= 4 is 17.8 Å².